The summed E-state index contributed by atoms with van der Waals surface area (Å²) in [5, 5.41) is 7.15. The van der Waals surface area contributed by atoms with Gasteiger partial charge < -0.3 is 14.8 Å². The van der Waals surface area contributed by atoms with Gasteiger partial charge in [-0.3, -0.25) is 5.43 Å². The van der Waals surface area contributed by atoms with Crippen molar-refractivity contribution in [2.75, 3.05) is 12.1 Å². The summed E-state index contributed by atoms with van der Waals surface area (Å²) in [5.41, 5.74) is 4.57. The molecule has 2 N–H and O–H groups in total. The third kappa shape index (κ3) is 3.57. The SMILES string of the molecule is C/C(=N/NC(=S)Nc1ccccc1F)c1ccc2c(c1)OCO2. The van der Waals surface area contributed by atoms with Crippen LogP contribution in [0.2, 0.25) is 0 Å². The second kappa shape index (κ2) is 6.62. The molecule has 3 rings (SSSR count). The molecule has 1 aliphatic heterocycles. The van der Waals surface area contributed by atoms with Crippen LogP contribution in [0.15, 0.2) is 47.6 Å². The number of para-hydroxylation sites is 1. The van der Waals surface area contributed by atoms with Gasteiger partial charge in [-0.05, 0) is 49.5 Å². The Morgan fingerprint density at radius 3 is 2.78 bits per heavy atom. The molecule has 0 amide bonds. The maximum absolute atomic E-state index is 13.5. The summed E-state index contributed by atoms with van der Waals surface area (Å²) in [7, 11) is 0. The molecule has 0 aromatic heterocycles. The highest BCUT2D eigenvalue weighted by molar-refractivity contribution is 7.80. The first kappa shape index (κ1) is 15.2. The quantitative estimate of drug-likeness (QED) is 0.514. The number of thiocarbonyl (C=S) groups is 1. The lowest BCUT2D eigenvalue weighted by molar-refractivity contribution is 0.174. The van der Waals surface area contributed by atoms with Gasteiger partial charge in [-0.2, -0.15) is 5.10 Å². The molecular formula is C16H14FN3O2S. The minimum Gasteiger partial charge on any atom is -0.454 e. The summed E-state index contributed by atoms with van der Waals surface area (Å²) < 4.78 is 24.1. The largest absolute Gasteiger partial charge is 0.454 e. The van der Waals surface area contributed by atoms with Gasteiger partial charge in [-0.1, -0.05) is 12.1 Å². The highest BCUT2D eigenvalue weighted by atomic mass is 32.1. The number of nitrogens with zero attached hydrogens (tertiary/aromatic N) is 1. The Labute approximate surface area is 138 Å². The molecule has 2 aromatic rings. The van der Waals surface area contributed by atoms with Gasteiger partial charge in [0.25, 0.3) is 0 Å². The number of halogens is 1. The first-order chi connectivity index (χ1) is 11.1. The summed E-state index contributed by atoms with van der Waals surface area (Å²) in [6, 6.07) is 11.8. The lowest BCUT2D eigenvalue weighted by atomic mass is 10.1. The average Bonchev–Trinajstić information content (AvgIpc) is 3.02. The van der Waals surface area contributed by atoms with E-state index in [2.05, 4.69) is 15.8 Å². The predicted molar refractivity (Wildman–Crippen MR) is 90.5 cm³/mol. The molecule has 5 nitrogen and oxygen atoms in total. The summed E-state index contributed by atoms with van der Waals surface area (Å²) in [6.07, 6.45) is 0. The number of nitrogens with one attached hydrogen (secondary N) is 2. The van der Waals surface area contributed by atoms with Crippen LogP contribution in [0.4, 0.5) is 10.1 Å². The minimum atomic E-state index is -0.381. The van der Waals surface area contributed by atoms with Crippen molar-refractivity contribution in [3.8, 4) is 11.5 Å². The number of fused-ring (bicyclic) bond motifs is 1. The molecule has 1 heterocycles. The van der Waals surface area contributed by atoms with Crippen LogP contribution in [-0.4, -0.2) is 17.6 Å². The Morgan fingerprint density at radius 1 is 1.17 bits per heavy atom. The zero-order valence-electron chi connectivity index (χ0n) is 12.3. The van der Waals surface area contributed by atoms with Gasteiger partial charge in [0.1, 0.15) is 5.82 Å². The van der Waals surface area contributed by atoms with Crippen molar-refractivity contribution in [2.45, 2.75) is 6.92 Å². The lowest BCUT2D eigenvalue weighted by Gasteiger charge is -2.09. The fourth-order valence-electron chi connectivity index (χ4n) is 2.03. The monoisotopic (exact) mass is 331 g/mol. The first-order valence-electron chi connectivity index (χ1n) is 6.89. The van der Waals surface area contributed by atoms with Crippen LogP contribution in [0.3, 0.4) is 0 Å². The van der Waals surface area contributed by atoms with Crippen molar-refractivity contribution in [3.05, 3.63) is 53.8 Å². The van der Waals surface area contributed by atoms with E-state index in [1.807, 2.05) is 25.1 Å². The number of anilines is 1. The van der Waals surface area contributed by atoms with Crippen molar-refractivity contribution in [2.24, 2.45) is 5.10 Å². The van der Waals surface area contributed by atoms with E-state index in [4.69, 9.17) is 21.7 Å². The number of hydrogen-bond acceptors (Lipinski definition) is 4. The Kier molecular flexibility index (Phi) is 4.38. The van der Waals surface area contributed by atoms with E-state index in [0.717, 1.165) is 5.56 Å². The summed E-state index contributed by atoms with van der Waals surface area (Å²) in [6.45, 7) is 2.06. The molecule has 0 unspecified atom stereocenters. The van der Waals surface area contributed by atoms with Crippen LogP contribution >= 0.6 is 12.2 Å². The second-order valence-corrected chi connectivity index (χ2v) is 5.22. The molecule has 7 heteroatoms. The Hall–Kier alpha value is -2.67. The normalized spacial score (nSPS) is 12.9. The van der Waals surface area contributed by atoms with E-state index < -0.39 is 0 Å². The van der Waals surface area contributed by atoms with Crippen LogP contribution in [-0.2, 0) is 0 Å². The maximum atomic E-state index is 13.5. The second-order valence-electron chi connectivity index (χ2n) is 4.81. The van der Waals surface area contributed by atoms with Crippen LogP contribution in [0.1, 0.15) is 12.5 Å². The van der Waals surface area contributed by atoms with Crippen LogP contribution in [0.5, 0.6) is 11.5 Å². The Bertz CT molecular complexity index is 780. The number of ether oxygens (including phenoxy) is 2. The van der Waals surface area contributed by atoms with E-state index in [1.54, 1.807) is 18.2 Å². The van der Waals surface area contributed by atoms with Gasteiger partial charge in [0.2, 0.25) is 6.79 Å². The van der Waals surface area contributed by atoms with E-state index >= 15 is 0 Å². The van der Waals surface area contributed by atoms with Gasteiger partial charge in [-0.15, -0.1) is 0 Å². The fraction of sp³-hybridized carbons (Fsp3) is 0.125. The van der Waals surface area contributed by atoms with Crippen LogP contribution < -0.4 is 20.2 Å². The van der Waals surface area contributed by atoms with Gasteiger partial charge in [-0.25, -0.2) is 4.39 Å². The smallest absolute Gasteiger partial charge is 0.231 e. The Morgan fingerprint density at radius 2 is 1.96 bits per heavy atom. The van der Waals surface area contributed by atoms with Crippen molar-refractivity contribution in [1.29, 1.82) is 0 Å². The maximum Gasteiger partial charge on any atom is 0.231 e. The standard InChI is InChI=1S/C16H14FN3O2S/c1-10(11-6-7-14-15(8-11)22-9-21-14)19-20-16(23)18-13-5-3-2-4-12(13)17/h2-8H,9H2,1H3,(H2,18,20,23)/b19-10-. The van der Waals surface area contributed by atoms with Crippen molar-refractivity contribution in [1.82, 2.24) is 5.43 Å². The number of rotatable bonds is 3. The van der Waals surface area contributed by atoms with Gasteiger partial charge >= 0.3 is 0 Å². The molecule has 0 aliphatic carbocycles. The molecule has 0 bridgehead atoms. The number of benzene rings is 2. The molecule has 23 heavy (non-hydrogen) atoms. The minimum absolute atomic E-state index is 0.204. The summed E-state index contributed by atoms with van der Waals surface area (Å²) in [4.78, 5) is 0. The third-order valence-electron chi connectivity index (χ3n) is 3.24. The van der Waals surface area contributed by atoms with E-state index in [9.17, 15) is 4.39 Å². The molecule has 0 spiro atoms. The Balaban J connectivity index is 1.65. The van der Waals surface area contributed by atoms with Crippen LogP contribution in [0.25, 0.3) is 0 Å². The van der Waals surface area contributed by atoms with Gasteiger partial charge in [0.15, 0.2) is 16.6 Å². The number of hydrazone groups is 1. The zero-order valence-corrected chi connectivity index (χ0v) is 13.1. The first-order valence-corrected chi connectivity index (χ1v) is 7.30. The molecule has 0 radical (unpaired) electrons. The molecule has 0 atom stereocenters. The van der Waals surface area contributed by atoms with Gasteiger partial charge in [0.05, 0.1) is 11.4 Å². The fourth-order valence-corrected chi connectivity index (χ4v) is 2.19. The van der Waals surface area contributed by atoms with E-state index in [1.165, 1.54) is 6.07 Å². The molecular weight excluding hydrogens is 317 g/mol. The van der Waals surface area contributed by atoms with Crippen molar-refractivity contribution < 1.29 is 13.9 Å². The molecule has 2 aromatic carbocycles. The highest BCUT2D eigenvalue weighted by Gasteiger charge is 2.14. The molecule has 0 saturated heterocycles. The zero-order chi connectivity index (χ0) is 16.2. The molecule has 0 saturated carbocycles. The number of hydrogen-bond donors (Lipinski definition) is 2. The van der Waals surface area contributed by atoms with E-state index in [0.29, 0.717) is 22.9 Å². The average molecular weight is 331 g/mol. The molecule has 1 aliphatic rings. The van der Waals surface area contributed by atoms with Crippen molar-refractivity contribution >= 4 is 28.7 Å². The molecule has 0 fully saturated rings. The van der Waals surface area contributed by atoms with Crippen LogP contribution in [0, 0.1) is 5.82 Å². The summed E-state index contributed by atoms with van der Waals surface area (Å²) in [5.74, 6) is 1.02. The lowest BCUT2D eigenvalue weighted by Crippen LogP contribution is -2.25. The summed E-state index contributed by atoms with van der Waals surface area (Å²) >= 11 is 5.10. The van der Waals surface area contributed by atoms with E-state index in [-0.39, 0.29) is 17.7 Å². The highest BCUT2D eigenvalue weighted by Crippen LogP contribution is 2.32. The third-order valence-corrected chi connectivity index (χ3v) is 3.43. The topological polar surface area (TPSA) is 54.9 Å². The predicted octanol–water partition coefficient (Wildman–Crippen LogP) is 3.27. The molecule has 118 valence electrons. The van der Waals surface area contributed by atoms with Gasteiger partial charge in [0, 0.05) is 5.56 Å². The van der Waals surface area contributed by atoms with Crippen molar-refractivity contribution in [3.63, 3.8) is 0 Å².